The molecule has 0 bridgehead atoms. The lowest BCUT2D eigenvalue weighted by Crippen LogP contribution is -2.40. The van der Waals surface area contributed by atoms with E-state index in [1.165, 1.54) is 12.8 Å². The van der Waals surface area contributed by atoms with Crippen LogP contribution in [0, 0.1) is 5.92 Å². The van der Waals surface area contributed by atoms with Gasteiger partial charge in [-0.3, -0.25) is 14.7 Å². The molecule has 2 fully saturated rings. The molecule has 2 amide bonds. The molecule has 0 radical (unpaired) electrons. The average molecular weight is 370 g/mol. The van der Waals surface area contributed by atoms with Crippen LogP contribution >= 0.6 is 0 Å². The van der Waals surface area contributed by atoms with Gasteiger partial charge in [-0.25, -0.2) is 0 Å². The Morgan fingerprint density at radius 3 is 2.63 bits per heavy atom. The van der Waals surface area contributed by atoms with E-state index in [4.69, 9.17) is 4.74 Å². The molecule has 2 heterocycles. The fraction of sp³-hybridized carbons (Fsp3) is 0.550. The first-order valence-corrected chi connectivity index (χ1v) is 9.81. The fourth-order valence-electron chi connectivity index (χ4n) is 4.04. The Kier molecular flexibility index (Phi) is 5.01. The second-order valence-corrected chi connectivity index (χ2v) is 7.57. The Labute approximate surface area is 158 Å². The molecular formula is C20H26N4O3. The Morgan fingerprint density at radius 1 is 1.19 bits per heavy atom. The maximum Gasteiger partial charge on any atom is 0.228 e. The van der Waals surface area contributed by atoms with Crippen LogP contribution in [0.5, 0.6) is 5.75 Å². The van der Waals surface area contributed by atoms with Crippen LogP contribution in [-0.2, 0) is 9.59 Å². The van der Waals surface area contributed by atoms with Crippen molar-refractivity contribution in [3.8, 4) is 5.75 Å². The van der Waals surface area contributed by atoms with Crippen molar-refractivity contribution in [2.45, 2.75) is 51.6 Å². The van der Waals surface area contributed by atoms with Gasteiger partial charge in [0.25, 0.3) is 0 Å². The molecule has 2 N–H and O–H groups in total. The molecular weight excluding hydrogens is 344 g/mol. The Hall–Kier alpha value is -2.57. The molecule has 2 aliphatic rings. The lowest BCUT2D eigenvalue weighted by molar-refractivity contribution is -0.132. The van der Waals surface area contributed by atoms with Crippen molar-refractivity contribution in [1.82, 2.24) is 15.1 Å². The lowest BCUT2D eigenvalue weighted by Gasteiger charge is -2.30. The predicted octanol–water partition coefficient (Wildman–Crippen LogP) is 3.08. The molecule has 7 nitrogen and oxygen atoms in total. The van der Waals surface area contributed by atoms with Gasteiger partial charge < -0.3 is 15.0 Å². The van der Waals surface area contributed by atoms with Gasteiger partial charge >= 0.3 is 0 Å². The quantitative estimate of drug-likeness (QED) is 0.866. The van der Waals surface area contributed by atoms with Crippen LogP contribution in [0.3, 0.4) is 0 Å². The molecule has 1 aliphatic carbocycles. The molecule has 1 aliphatic heterocycles. The first kappa shape index (κ1) is 17.8. The Balaban J connectivity index is 1.40. The number of rotatable bonds is 4. The number of hydrogen-bond acceptors (Lipinski definition) is 4. The zero-order valence-corrected chi connectivity index (χ0v) is 15.7. The van der Waals surface area contributed by atoms with Crippen molar-refractivity contribution in [1.29, 1.82) is 0 Å². The number of ether oxygens (including phenoxy) is 1. The number of piperidine rings is 1. The second-order valence-electron chi connectivity index (χ2n) is 7.57. The normalized spacial score (nSPS) is 18.8. The number of H-pyrrole nitrogens is 1. The minimum Gasteiger partial charge on any atom is -0.490 e. The first-order chi connectivity index (χ1) is 13.1. The SMILES string of the molecule is CC(=O)N1CCC(C(=O)Nc2n[nH]c3cc(OC4CCCC4)ccc23)CC1. The molecule has 7 heteroatoms. The summed E-state index contributed by atoms with van der Waals surface area (Å²) in [4.78, 5) is 25.8. The average Bonchev–Trinajstić information content (AvgIpc) is 3.32. The number of aromatic nitrogens is 2. The Morgan fingerprint density at radius 2 is 1.93 bits per heavy atom. The molecule has 0 unspecified atom stereocenters. The van der Waals surface area contributed by atoms with Crippen molar-refractivity contribution in [2.75, 3.05) is 18.4 Å². The number of carbonyl (C=O) groups excluding carboxylic acids is 2. The summed E-state index contributed by atoms with van der Waals surface area (Å²) in [5, 5.41) is 11.1. The van der Waals surface area contributed by atoms with E-state index < -0.39 is 0 Å². The zero-order chi connectivity index (χ0) is 18.8. The number of nitrogens with one attached hydrogen (secondary N) is 2. The van der Waals surface area contributed by atoms with Crippen LogP contribution in [0.2, 0.25) is 0 Å². The standard InChI is InChI=1S/C20H26N4O3/c1-13(25)24-10-8-14(9-11-24)20(26)21-19-17-7-6-16(12-18(17)22-23-19)27-15-4-2-3-5-15/h6-7,12,14-15H,2-5,8-11H2,1H3,(H2,21,22,23,26). The van der Waals surface area contributed by atoms with E-state index in [2.05, 4.69) is 15.5 Å². The molecule has 1 saturated carbocycles. The first-order valence-electron chi connectivity index (χ1n) is 9.81. The zero-order valence-electron chi connectivity index (χ0n) is 15.7. The number of aromatic amines is 1. The third kappa shape index (κ3) is 3.91. The van der Waals surface area contributed by atoms with Gasteiger partial charge in [0, 0.05) is 37.4 Å². The van der Waals surface area contributed by atoms with Crippen LogP contribution in [0.15, 0.2) is 18.2 Å². The summed E-state index contributed by atoms with van der Waals surface area (Å²) in [7, 11) is 0. The van der Waals surface area contributed by atoms with E-state index in [-0.39, 0.29) is 17.7 Å². The summed E-state index contributed by atoms with van der Waals surface area (Å²) < 4.78 is 6.03. The molecule has 1 aromatic heterocycles. The Bertz CT molecular complexity index is 833. The number of anilines is 1. The van der Waals surface area contributed by atoms with E-state index >= 15 is 0 Å². The molecule has 27 heavy (non-hydrogen) atoms. The van der Waals surface area contributed by atoms with Gasteiger partial charge in [0.05, 0.1) is 11.6 Å². The third-order valence-corrected chi connectivity index (χ3v) is 5.69. The summed E-state index contributed by atoms with van der Waals surface area (Å²) in [6.07, 6.45) is 6.39. The molecule has 1 aromatic carbocycles. The van der Waals surface area contributed by atoms with E-state index in [0.717, 1.165) is 29.5 Å². The topological polar surface area (TPSA) is 87.3 Å². The number of hydrogen-bond donors (Lipinski definition) is 2. The van der Waals surface area contributed by atoms with Crippen molar-refractivity contribution < 1.29 is 14.3 Å². The van der Waals surface area contributed by atoms with Crippen molar-refractivity contribution in [2.24, 2.45) is 5.92 Å². The summed E-state index contributed by atoms with van der Waals surface area (Å²) in [5.74, 6) is 1.35. The lowest BCUT2D eigenvalue weighted by atomic mass is 9.96. The number of nitrogens with zero attached hydrogens (tertiary/aromatic N) is 2. The van der Waals surface area contributed by atoms with E-state index in [1.54, 1.807) is 11.8 Å². The van der Waals surface area contributed by atoms with Gasteiger partial charge in [-0.05, 0) is 50.7 Å². The van der Waals surface area contributed by atoms with Gasteiger partial charge in [-0.15, -0.1) is 0 Å². The largest absolute Gasteiger partial charge is 0.490 e. The van der Waals surface area contributed by atoms with Gasteiger partial charge in [0.2, 0.25) is 11.8 Å². The van der Waals surface area contributed by atoms with Crippen LogP contribution in [-0.4, -0.2) is 46.1 Å². The summed E-state index contributed by atoms with van der Waals surface area (Å²) in [6.45, 7) is 2.84. The van der Waals surface area contributed by atoms with Gasteiger partial charge in [-0.1, -0.05) is 0 Å². The van der Waals surface area contributed by atoms with Crippen LogP contribution < -0.4 is 10.1 Å². The van der Waals surface area contributed by atoms with Crippen LogP contribution in [0.25, 0.3) is 10.9 Å². The second kappa shape index (κ2) is 7.58. The van der Waals surface area contributed by atoms with E-state index in [0.29, 0.717) is 37.9 Å². The molecule has 144 valence electrons. The summed E-state index contributed by atoms with van der Waals surface area (Å²) >= 11 is 0. The highest BCUT2D eigenvalue weighted by molar-refractivity contribution is 6.00. The smallest absolute Gasteiger partial charge is 0.228 e. The number of carbonyl (C=O) groups is 2. The molecule has 4 rings (SSSR count). The van der Waals surface area contributed by atoms with Gasteiger partial charge in [0.15, 0.2) is 5.82 Å². The summed E-state index contributed by atoms with van der Waals surface area (Å²) in [6, 6.07) is 5.83. The molecule has 0 spiro atoms. The highest BCUT2D eigenvalue weighted by Gasteiger charge is 2.27. The van der Waals surface area contributed by atoms with Gasteiger partial charge in [0.1, 0.15) is 5.75 Å². The predicted molar refractivity (Wildman–Crippen MR) is 103 cm³/mol. The highest BCUT2D eigenvalue weighted by Crippen LogP contribution is 2.29. The number of fused-ring (bicyclic) bond motifs is 1. The van der Waals surface area contributed by atoms with E-state index in [1.807, 2.05) is 18.2 Å². The third-order valence-electron chi connectivity index (χ3n) is 5.69. The summed E-state index contributed by atoms with van der Waals surface area (Å²) in [5.41, 5.74) is 0.854. The van der Waals surface area contributed by atoms with E-state index in [9.17, 15) is 9.59 Å². The van der Waals surface area contributed by atoms with Crippen LogP contribution in [0.4, 0.5) is 5.82 Å². The fourth-order valence-corrected chi connectivity index (χ4v) is 4.04. The minimum atomic E-state index is -0.0858. The molecule has 1 saturated heterocycles. The number of amides is 2. The molecule has 2 aromatic rings. The number of benzene rings is 1. The van der Waals surface area contributed by atoms with Crippen molar-refractivity contribution >= 4 is 28.5 Å². The van der Waals surface area contributed by atoms with Crippen molar-refractivity contribution in [3.63, 3.8) is 0 Å². The highest BCUT2D eigenvalue weighted by atomic mass is 16.5. The molecule has 0 atom stereocenters. The maximum atomic E-state index is 12.6. The minimum absolute atomic E-state index is 0.0297. The van der Waals surface area contributed by atoms with Crippen LogP contribution in [0.1, 0.15) is 45.4 Å². The number of likely N-dealkylation sites (tertiary alicyclic amines) is 1. The monoisotopic (exact) mass is 370 g/mol. The van der Waals surface area contributed by atoms with Crippen molar-refractivity contribution in [3.05, 3.63) is 18.2 Å². The van der Waals surface area contributed by atoms with Gasteiger partial charge in [-0.2, -0.15) is 5.10 Å². The maximum absolute atomic E-state index is 12.6.